The number of amides is 5. The molecule has 644 valence electrons. The van der Waals surface area contributed by atoms with Gasteiger partial charge in [0, 0.05) is 93.8 Å². The minimum Gasteiger partial charge on any atom is -0.480 e. The summed E-state index contributed by atoms with van der Waals surface area (Å²) in [5.41, 5.74) is 14.6. The number of nitrogens with one attached hydrogen (secondary N) is 3. The molecule has 5 N–H and O–H groups in total. The van der Waals surface area contributed by atoms with E-state index in [4.69, 9.17) is 112 Å². The minimum absolute atomic E-state index is 0.148. The predicted molar refractivity (Wildman–Crippen MR) is 477 cm³/mol. The molecule has 6 aliphatic rings. The molecule has 0 aromatic heterocycles. The smallest absolute Gasteiger partial charge is 0.329 e. The molecule has 6 heterocycles. The van der Waals surface area contributed by atoms with Gasteiger partial charge in [0.15, 0.2) is 0 Å². The van der Waals surface area contributed by atoms with Gasteiger partial charge < -0.3 is 60.0 Å². The van der Waals surface area contributed by atoms with Crippen LogP contribution < -0.4 is 16.0 Å². The summed E-state index contributed by atoms with van der Waals surface area (Å²) in [4.78, 5) is 128. The number of hydrogen-bond acceptors (Lipinski definition) is 15. The Bertz CT molecular complexity index is 5510. The van der Waals surface area contributed by atoms with Crippen LogP contribution in [0.3, 0.4) is 0 Å². The maximum absolute atomic E-state index is 13.0. The molecule has 0 bridgehead atoms. The number of aliphatic carboxylic acids is 2. The minimum atomic E-state index is -1.02. The van der Waals surface area contributed by atoms with E-state index in [2.05, 4.69) is 28.1 Å². The van der Waals surface area contributed by atoms with E-state index in [1.807, 2.05) is 140 Å². The number of ether oxygens (including phenoxy) is 3. The maximum atomic E-state index is 13.0. The number of carbonyl (C=O) groups excluding carboxylic acids is 8. The molecule has 10 aromatic rings. The van der Waals surface area contributed by atoms with Crippen molar-refractivity contribution in [2.75, 3.05) is 27.4 Å². The van der Waals surface area contributed by atoms with Crippen molar-refractivity contribution >= 4 is 152 Å². The lowest BCUT2D eigenvalue weighted by Gasteiger charge is -2.36. The highest BCUT2D eigenvalue weighted by atomic mass is 35.5. The Labute approximate surface area is 757 Å². The largest absolute Gasteiger partial charge is 0.480 e. The number of carboxylic acid groups (broad SMARTS) is 2. The lowest BCUT2D eigenvalue weighted by molar-refractivity contribution is -0.149. The zero-order chi connectivity index (χ0) is 89.0. The van der Waals surface area contributed by atoms with Crippen LogP contribution in [0, 0.1) is 0 Å². The van der Waals surface area contributed by atoms with Crippen molar-refractivity contribution in [3.05, 3.63) is 348 Å². The molecule has 6 atom stereocenters. The molecule has 0 spiro atoms. The third-order valence-corrected chi connectivity index (χ3v) is 24.6. The lowest BCUT2D eigenvalue weighted by Crippen LogP contribution is -2.52. The predicted octanol–water partition coefficient (Wildman–Crippen LogP) is 16.9. The Morgan fingerprint density at radius 2 is 0.605 bits per heavy atom. The average molecular weight is 1840 g/mol. The second kappa shape index (κ2) is 44.1. The van der Waals surface area contributed by atoms with Crippen molar-refractivity contribution in [3.63, 3.8) is 0 Å². The molecule has 0 saturated carbocycles. The number of likely N-dealkylation sites (N-methyl/N-ethyl adjacent to an activating group) is 1. The molecule has 22 nitrogen and oxygen atoms in total. The van der Waals surface area contributed by atoms with Crippen molar-refractivity contribution in [2.45, 2.75) is 128 Å². The van der Waals surface area contributed by atoms with Crippen molar-refractivity contribution in [3.8, 4) is 0 Å². The summed E-state index contributed by atoms with van der Waals surface area (Å²) in [6, 6.07) is 62.4. The normalized spacial score (nSPS) is 17.3. The second-order valence-electron chi connectivity index (χ2n) is 29.4. The molecular formula is C94H87Cl8N7O15. The number of fused-ring (bicyclic) bond motifs is 6. The quantitative estimate of drug-likeness (QED) is 0.0561. The van der Waals surface area contributed by atoms with Crippen molar-refractivity contribution in [1.29, 1.82) is 0 Å². The Kier molecular flexibility index (Phi) is 33.4. The Hall–Kier alpha value is -10.9. The van der Waals surface area contributed by atoms with E-state index in [1.54, 1.807) is 65.3 Å². The fourth-order valence-corrected chi connectivity index (χ4v) is 16.3. The van der Waals surface area contributed by atoms with E-state index in [0.717, 1.165) is 63.0 Å². The third-order valence-electron chi connectivity index (χ3n) is 21.6. The number of carbonyl (C=O) groups is 10. The first kappa shape index (κ1) is 93.8. The van der Waals surface area contributed by atoms with Crippen LogP contribution in [0.4, 0.5) is 0 Å². The summed E-state index contributed by atoms with van der Waals surface area (Å²) in [7, 11) is 2.75. The van der Waals surface area contributed by atoms with Gasteiger partial charge in [-0.05, 0) is 166 Å². The summed E-state index contributed by atoms with van der Waals surface area (Å²) < 4.78 is 14.8. The number of hydrogen-bond donors (Lipinski definition) is 5. The van der Waals surface area contributed by atoms with Gasteiger partial charge in [0.2, 0.25) is 5.91 Å². The first-order valence-corrected chi connectivity index (χ1v) is 42.6. The van der Waals surface area contributed by atoms with Gasteiger partial charge in [0.05, 0.1) is 61.0 Å². The SMILES string of the molecule is CCNC(=O)C1Cc2ccccc2CN1C(=O)c1ccc(Cl)c(Cl)c1.CCOC(=O)C1Cc2ccccc2CN1C(=O)c1ccc(Cl)c(Cl)c1.COC(=O)C1Cc2ccccc2CN1.COC(=O)C1Cc2ccccc2CN1C(=O)c1ccc(Cl)c(Cl)c1.O=C(O)C1Cc2ccccc2CN1.O=C(O)C1Cc2ccccc2CN1C(=O)c1ccc(Cl)c(Cl)c1. The number of benzene rings is 10. The number of methoxy groups -OCH3 is 2. The summed E-state index contributed by atoms with van der Waals surface area (Å²) in [6.45, 7) is 7.14. The van der Waals surface area contributed by atoms with Crippen LogP contribution in [0.1, 0.15) is 122 Å². The Morgan fingerprint density at radius 3 is 0.911 bits per heavy atom. The van der Waals surface area contributed by atoms with Crippen molar-refractivity contribution in [1.82, 2.24) is 35.6 Å². The molecule has 0 radical (unpaired) electrons. The number of carboxylic acids is 2. The number of nitrogens with zero attached hydrogens (tertiary/aromatic N) is 4. The zero-order valence-corrected chi connectivity index (χ0v) is 73.7. The zero-order valence-electron chi connectivity index (χ0n) is 67.7. The molecular weight excluding hydrogens is 1750 g/mol. The van der Waals surface area contributed by atoms with Crippen LogP contribution in [0.25, 0.3) is 0 Å². The van der Waals surface area contributed by atoms with Gasteiger partial charge >= 0.3 is 29.8 Å². The van der Waals surface area contributed by atoms with Crippen LogP contribution in [-0.4, -0.2) is 153 Å². The number of rotatable bonds is 12. The van der Waals surface area contributed by atoms with Gasteiger partial charge in [-0.1, -0.05) is 238 Å². The highest BCUT2D eigenvalue weighted by Crippen LogP contribution is 2.35. The van der Waals surface area contributed by atoms with Gasteiger partial charge in [0.25, 0.3) is 23.6 Å². The number of halogens is 8. The van der Waals surface area contributed by atoms with E-state index < -0.39 is 54.1 Å². The monoisotopic (exact) mass is 1830 g/mol. The second-order valence-corrected chi connectivity index (χ2v) is 32.6. The molecule has 0 saturated heterocycles. The van der Waals surface area contributed by atoms with Gasteiger partial charge in [0.1, 0.15) is 36.3 Å². The highest BCUT2D eigenvalue weighted by Gasteiger charge is 2.40. The van der Waals surface area contributed by atoms with E-state index in [1.165, 1.54) is 65.0 Å². The van der Waals surface area contributed by atoms with Crippen LogP contribution >= 0.6 is 92.8 Å². The molecule has 5 amide bonds. The average Bonchev–Trinajstić information content (AvgIpc) is 0.795. The molecule has 0 aliphatic carbocycles. The van der Waals surface area contributed by atoms with Crippen molar-refractivity contribution < 1.29 is 72.4 Å². The third kappa shape index (κ3) is 23.6. The highest BCUT2D eigenvalue weighted by molar-refractivity contribution is 6.44. The van der Waals surface area contributed by atoms with E-state index in [0.29, 0.717) is 122 Å². The van der Waals surface area contributed by atoms with E-state index in [9.17, 15) is 53.1 Å². The molecule has 6 aliphatic heterocycles. The Morgan fingerprint density at radius 1 is 0.331 bits per heavy atom. The van der Waals surface area contributed by atoms with Gasteiger partial charge in [-0.3, -0.25) is 33.6 Å². The first-order chi connectivity index (χ1) is 59.6. The topological polar surface area (TPSA) is 288 Å². The summed E-state index contributed by atoms with van der Waals surface area (Å²) in [5.74, 6) is -4.10. The molecule has 16 rings (SSSR count). The van der Waals surface area contributed by atoms with Crippen molar-refractivity contribution in [2.24, 2.45) is 0 Å². The van der Waals surface area contributed by atoms with Crippen LogP contribution in [0.2, 0.25) is 40.2 Å². The van der Waals surface area contributed by atoms with Gasteiger partial charge in [-0.25, -0.2) is 14.4 Å². The fraction of sp³-hybridized carbons (Fsp3) is 0.255. The van der Waals surface area contributed by atoms with Crippen LogP contribution in [0.5, 0.6) is 0 Å². The summed E-state index contributed by atoms with van der Waals surface area (Å²) in [6.07, 6.45) is 2.96. The van der Waals surface area contributed by atoms with E-state index >= 15 is 0 Å². The number of esters is 3. The fourth-order valence-electron chi connectivity index (χ4n) is 15.1. The maximum Gasteiger partial charge on any atom is 0.329 e. The Balaban J connectivity index is 0.000000147. The molecule has 124 heavy (non-hydrogen) atoms. The lowest BCUT2D eigenvalue weighted by atomic mass is 9.92. The summed E-state index contributed by atoms with van der Waals surface area (Å²) in [5, 5.41) is 29.9. The van der Waals surface area contributed by atoms with Crippen LogP contribution in [-0.2, 0) is 121 Å². The van der Waals surface area contributed by atoms with E-state index in [-0.39, 0.29) is 59.7 Å². The standard InChI is InChI=1S/C19H18Cl2N2O2.C19H17Cl2NO3.C18H15Cl2NO3.C17H13Cl2NO3.C11H13NO2.C10H11NO2/c1-2-22-18(24)17-10-12-5-3-4-6-14(12)11-23(17)19(25)13-7-8-15(20)16(21)9-13;1-2-25-19(24)17-10-12-5-3-4-6-14(12)11-22(17)18(23)13-7-8-15(20)16(21)9-13;1-24-18(23)16-9-11-4-2-3-5-13(11)10-21(16)17(22)12-6-7-14(19)15(20)8-12;18-13-6-5-11(7-14(13)19)16(21)20-9-12-4-2-1-3-10(12)8-15(20)17(22)23;1-14-11(13)10-6-8-4-2-3-5-9(8)7-12-10;12-10(13)9-5-7-3-1-2-4-8(7)6-11-9/h3-9,17H,2,10-11H2,1H3,(H,22,24);3-9,17H,2,10-11H2,1H3;2-8,16H,9-10H2,1H3;1-7,15H,8-9H2,(H,22,23);2-5,10,12H,6-7H2,1H3;1-4,9,11H,5-6H2,(H,12,13). The summed E-state index contributed by atoms with van der Waals surface area (Å²) >= 11 is 47.7. The molecule has 6 unspecified atom stereocenters. The van der Waals surface area contributed by atoms with Gasteiger partial charge in [-0.2, -0.15) is 0 Å². The molecule has 0 fully saturated rings. The first-order valence-electron chi connectivity index (χ1n) is 39.6. The molecule has 10 aromatic carbocycles. The van der Waals surface area contributed by atoms with Crippen LogP contribution in [0.15, 0.2) is 218 Å². The van der Waals surface area contributed by atoms with Gasteiger partial charge in [-0.15, -0.1) is 0 Å². The molecule has 30 heteroatoms.